The van der Waals surface area contributed by atoms with Crippen molar-refractivity contribution in [2.45, 2.75) is 13.8 Å². The van der Waals surface area contributed by atoms with Gasteiger partial charge in [-0.1, -0.05) is 0 Å². The third kappa shape index (κ3) is 1.92. The average Bonchev–Trinajstić information content (AvgIpc) is 2.74. The number of methoxy groups -OCH3 is 1. The number of rotatable bonds is 2. The zero-order chi connectivity index (χ0) is 13.3. The van der Waals surface area contributed by atoms with Gasteiger partial charge in [0.25, 0.3) is 0 Å². The standard InChI is InChI=1S/C12H13N3O3/c1-6-4-5-18-9(6)11-14-7(2)8(10(13)15-11)12(16)17-3/h4-5H,1-3H3,(H2,13,14,15). The van der Waals surface area contributed by atoms with E-state index in [2.05, 4.69) is 14.7 Å². The first kappa shape index (κ1) is 12.1. The van der Waals surface area contributed by atoms with Gasteiger partial charge in [0.2, 0.25) is 0 Å². The van der Waals surface area contributed by atoms with Crippen LogP contribution in [0.15, 0.2) is 16.7 Å². The van der Waals surface area contributed by atoms with Crippen molar-refractivity contribution >= 4 is 11.8 Å². The van der Waals surface area contributed by atoms with Crippen LogP contribution in [-0.2, 0) is 4.74 Å². The number of nitrogen functional groups attached to an aromatic ring is 1. The van der Waals surface area contributed by atoms with Gasteiger partial charge in [-0.15, -0.1) is 0 Å². The molecule has 2 aromatic heterocycles. The average molecular weight is 247 g/mol. The number of carbonyl (C=O) groups is 1. The molecule has 0 saturated heterocycles. The highest BCUT2D eigenvalue weighted by molar-refractivity contribution is 5.95. The fourth-order valence-electron chi connectivity index (χ4n) is 1.65. The Labute approximate surface area is 104 Å². The molecule has 0 aliphatic heterocycles. The number of nitrogens with two attached hydrogens (primary N) is 1. The molecular formula is C12H13N3O3. The molecule has 0 radical (unpaired) electrons. The second-order valence-corrected chi connectivity index (χ2v) is 3.82. The van der Waals surface area contributed by atoms with Gasteiger partial charge in [-0.05, 0) is 25.5 Å². The van der Waals surface area contributed by atoms with Gasteiger partial charge in [0.1, 0.15) is 11.4 Å². The van der Waals surface area contributed by atoms with E-state index in [0.29, 0.717) is 17.3 Å². The zero-order valence-electron chi connectivity index (χ0n) is 10.4. The Hall–Kier alpha value is -2.37. The summed E-state index contributed by atoms with van der Waals surface area (Å²) in [6, 6.07) is 1.80. The lowest BCUT2D eigenvalue weighted by Crippen LogP contribution is -2.12. The van der Waals surface area contributed by atoms with E-state index in [9.17, 15) is 4.79 Å². The molecule has 0 atom stereocenters. The molecule has 0 fully saturated rings. The van der Waals surface area contributed by atoms with E-state index in [0.717, 1.165) is 5.56 Å². The predicted octanol–water partition coefficient (Wildman–Crippen LogP) is 1.72. The highest BCUT2D eigenvalue weighted by Crippen LogP contribution is 2.24. The van der Waals surface area contributed by atoms with Crippen molar-refractivity contribution in [1.82, 2.24) is 9.97 Å². The van der Waals surface area contributed by atoms with E-state index >= 15 is 0 Å². The predicted molar refractivity (Wildman–Crippen MR) is 65.0 cm³/mol. The van der Waals surface area contributed by atoms with E-state index in [1.807, 2.05) is 6.92 Å². The third-order valence-corrected chi connectivity index (χ3v) is 2.57. The van der Waals surface area contributed by atoms with Crippen LogP contribution in [0.25, 0.3) is 11.6 Å². The van der Waals surface area contributed by atoms with E-state index in [1.165, 1.54) is 7.11 Å². The number of nitrogens with zero attached hydrogens (tertiary/aromatic N) is 2. The molecule has 2 aromatic rings. The van der Waals surface area contributed by atoms with E-state index in [1.54, 1.807) is 19.3 Å². The fraction of sp³-hybridized carbons (Fsp3) is 0.250. The molecule has 18 heavy (non-hydrogen) atoms. The number of ether oxygens (including phenoxy) is 1. The highest BCUT2D eigenvalue weighted by Gasteiger charge is 2.19. The smallest absolute Gasteiger partial charge is 0.343 e. The fourth-order valence-corrected chi connectivity index (χ4v) is 1.65. The van der Waals surface area contributed by atoms with Crippen LogP contribution in [0.1, 0.15) is 21.6 Å². The van der Waals surface area contributed by atoms with E-state index in [4.69, 9.17) is 10.2 Å². The Morgan fingerprint density at radius 1 is 1.39 bits per heavy atom. The summed E-state index contributed by atoms with van der Waals surface area (Å²) in [6.07, 6.45) is 1.55. The molecule has 0 saturated carbocycles. The Morgan fingerprint density at radius 2 is 2.11 bits per heavy atom. The van der Waals surface area contributed by atoms with Crippen LogP contribution in [0.3, 0.4) is 0 Å². The first-order valence-electron chi connectivity index (χ1n) is 5.31. The molecule has 2 N–H and O–H groups in total. The first-order valence-corrected chi connectivity index (χ1v) is 5.31. The Kier molecular flexibility index (Phi) is 3.01. The van der Waals surface area contributed by atoms with Gasteiger partial charge in [0.15, 0.2) is 11.6 Å². The third-order valence-electron chi connectivity index (χ3n) is 2.57. The van der Waals surface area contributed by atoms with Crippen molar-refractivity contribution in [1.29, 1.82) is 0 Å². The lowest BCUT2D eigenvalue weighted by Gasteiger charge is -2.07. The van der Waals surface area contributed by atoms with E-state index in [-0.39, 0.29) is 11.4 Å². The Bertz CT molecular complexity index is 581. The number of aromatic nitrogens is 2. The number of hydrogen-bond acceptors (Lipinski definition) is 6. The summed E-state index contributed by atoms with van der Waals surface area (Å²) in [5.74, 6) is 0.439. The molecule has 0 aliphatic carbocycles. The van der Waals surface area contributed by atoms with Crippen LogP contribution < -0.4 is 5.73 Å². The highest BCUT2D eigenvalue weighted by atomic mass is 16.5. The molecule has 0 bridgehead atoms. The molecule has 0 spiro atoms. The molecule has 2 heterocycles. The summed E-state index contributed by atoms with van der Waals surface area (Å²) < 4.78 is 9.92. The van der Waals surface area contributed by atoms with Crippen LogP contribution >= 0.6 is 0 Å². The number of esters is 1. The number of aryl methyl sites for hydroxylation is 2. The van der Waals surface area contributed by atoms with Gasteiger partial charge in [-0.2, -0.15) is 0 Å². The van der Waals surface area contributed by atoms with Gasteiger partial charge in [0, 0.05) is 0 Å². The molecular weight excluding hydrogens is 234 g/mol. The monoisotopic (exact) mass is 247 g/mol. The van der Waals surface area contributed by atoms with Crippen molar-refractivity contribution in [2.75, 3.05) is 12.8 Å². The second-order valence-electron chi connectivity index (χ2n) is 3.82. The van der Waals surface area contributed by atoms with Gasteiger partial charge in [0.05, 0.1) is 19.1 Å². The molecule has 0 unspecified atom stereocenters. The number of hydrogen-bond donors (Lipinski definition) is 1. The molecule has 0 amide bonds. The van der Waals surface area contributed by atoms with E-state index < -0.39 is 5.97 Å². The van der Waals surface area contributed by atoms with Crippen molar-refractivity contribution in [3.8, 4) is 11.6 Å². The van der Waals surface area contributed by atoms with Gasteiger partial charge >= 0.3 is 5.97 Å². The maximum absolute atomic E-state index is 11.5. The minimum absolute atomic E-state index is 0.0835. The summed E-state index contributed by atoms with van der Waals surface area (Å²) in [5, 5.41) is 0. The molecule has 2 rings (SSSR count). The van der Waals surface area contributed by atoms with Crippen LogP contribution in [0.2, 0.25) is 0 Å². The zero-order valence-corrected chi connectivity index (χ0v) is 10.4. The number of furan rings is 1. The summed E-state index contributed by atoms with van der Waals surface area (Å²) in [7, 11) is 1.28. The quantitative estimate of drug-likeness (QED) is 0.812. The van der Waals surface area contributed by atoms with Crippen LogP contribution in [0.5, 0.6) is 0 Å². The SMILES string of the molecule is COC(=O)c1c(C)nc(-c2occc2C)nc1N. The largest absolute Gasteiger partial charge is 0.465 e. The minimum atomic E-state index is -0.548. The second kappa shape index (κ2) is 4.48. The molecule has 94 valence electrons. The first-order chi connectivity index (χ1) is 8.54. The lowest BCUT2D eigenvalue weighted by atomic mass is 10.2. The maximum atomic E-state index is 11.5. The van der Waals surface area contributed by atoms with Crippen molar-refractivity contribution in [3.63, 3.8) is 0 Å². The van der Waals surface area contributed by atoms with Crippen LogP contribution in [0, 0.1) is 13.8 Å². The molecule has 6 nitrogen and oxygen atoms in total. The molecule has 0 aliphatic rings. The summed E-state index contributed by atoms with van der Waals surface area (Å²) in [6.45, 7) is 3.55. The maximum Gasteiger partial charge on any atom is 0.343 e. The van der Waals surface area contributed by atoms with Crippen molar-refractivity contribution in [2.24, 2.45) is 0 Å². The van der Waals surface area contributed by atoms with Crippen molar-refractivity contribution < 1.29 is 13.9 Å². The van der Waals surface area contributed by atoms with Crippen LogP contribution in [-0.4, -0.2) is 23.0 Å². The number of carbonyl (C=O) groups excluding carboxylic acids is 1. The van der Waals surface area contributed by atoms with Crippen LogP contribution in [0.4, 0.5) is 5.82 Å². The normalized spacial score (nSPS) is 10.4. The van der Waals surface area contributed by atoms with Crippen molar-refractivity contribution in [3.05, 3.63) is 29.2 Å². The summed E-state index contributed by atoms with van der Waals surface area (Å²) in [4.78, 5) is 19.8. The topological polar surface area (TPSA) is 91.2 Å². The Balaban J connectivity index is 2.56. The molecule has 0 aromatic carbocycles. The summed E-state index contributed by atoms with van der Waals surface area (Å²) in [5.41, 5.74) is 7.31. The Morgan fingerprint density at radius 3 is 2.61 bits per heavy atom. The minimum Gasteiger partial charge on any atom is -0.465 e. The lowest BCUT2D eigenvalue weighted by molar-refractivity contribution is 0.0600. The number of anilines is 1. The van der Waals surface area contributed by atoms with Gasteiger partial charge in [-0.25, -0.2) is 14.8 Å². The molecule has 6 heteroatoms. The van der Waals surface area contributed by atoms with Gasteiger partial charge < -0.3 is 14.9 Å². The van der Waals surface area contributed by atoms with Gasteiger partial charge in [-0.3, -0.25) is 0 Å². The summed E-state index contributed by atoms with van der Waals surface area (Å²) >= 11 is 0.